The first-order valence-electron chi connectivity index (χ1n) is 6.32. The minimum Gasteiger partial charge on any atom is -0.364 e. The second-order valence-electron chi connectivity index (χ2n) is 5.14. The van der Waals surface area contributed by atoms with Crippen LogP contribution in [0, 0.1) is 0 Å². The lowest BCUT2D eigenvalue weighted by atomic mass is 9.93. The first-order valence-corrected chi connectivity index (χ1v) is 6.32. The molecule has 0 radical (unpaired) electrons. The van der Waals surface area contributed by atoms with Crippen molar-refractivity contribution >= 4 is 11.3 Å². The lowest BCUT2D eigenvalue weighted by Crippen LogP contribution is -2.36. The van der Waals surface area contributed by atoms with Gasteiger partial charge in [0.05, 0.1) is 6.04 Å². The molecule has 1 aromatic rings. The van der Waals surface area contributed by atoms with Crippen LogP contribution >= 0.6 is 0 Å². The van der Waals surface area contributed by atoms with Crippen molar-refractivity contribution < 1.29 is 0 Å². The minimum absolute atomic E-state index is 0.663. The quantitative estimate of drug-likeness (QED) is 0.632. The van der Waals surface area contributed by atoms with Crippen LogP contribution in [0.15, 0.2) is 29.8 Å². The highest BCUT2D eigenvalue weighted by molar-refractivity contribution is 5.89. The van der Waals surface area contributed by atoms with Crippen molar-refractivity contribution in [2.24, 2.45) is 0 Å². The van der Waals surface area contributed by atoms with Crippen LogP contribution < -0.4 is 4.90 Å². The number of para-hydroxylation sites is 1. The fraction of sp³-hybridized carbons (Fsp3) is 0.467. The summed E-state index contributed by atoms with van der Waals surface area (Å²) in [4.78, 5) is 2.61. The standard InChI is InChI=1S/C15H19N/c1-11(2)15-12-7-3-4-8-13(12)16-10-6-5-9-14(15)16/h3-4,7-8,14H,5-6,9-10H2,1-2H3. The summed E-state index contributed by atoms with van der Waals surface area (Å²) in [5.41, 5.74) is 6.02. The maximum Gasteiger partial charge on any atom is 0.0548 e. The largest absolute Gasteiger partial charge is 0.364 e. The summed E-state index contributed by atoms with van der Waals surface area (Å²) in [5, 5.41) is 0. The van der Waals surface area contributed by atoms with E-state index in [1.807, 2.05) is 0 Å². The van der Waals surface area contributed by atoms with E-state index in [9.17, 15) is 0 Å². The van der Waals surface area contributed by atoms with Gasteiger partial charge < -0.3 is 4.90 Å². The molecule has 3 rings (SSSR count). The molecule has 1 aromatic carbocycles. The van der Waals surface area contributed by atoms with Crippen molar-refractivity contribution in [2.45, 2.75) is 39.2 Å². The van der Waals surface area contributed by atoms with Gasteiger partial charge in [-0.3, -0.25) is 0 Å². The highest BCUT2D eigenvalue weighted by Crippen LogP contribution is 2.45. The van der Waals surface area contributed by atoms with Crippen LogP contribution in [0.5, 0.6) is 0 Å². The van der Waals surface area contributed by atoms with Crippen molar-refractivity contribution in [1.29, 1.82) is 0 Å². The van der Waals surface area contributed by atoms with Crippen molar-refractivity contribution in [3.63, 3.8) is 0 Å². The van der Waals surface area contributed by atoms with Gasteiger partial charge in [0, 0.05) is 17.8 Å². The number of benzene rings is 1. The van der Waals surface area contributed by atoms with E-state index in [-0.39, 0.29) is 0 Å². The van der Waals surface area contributed by atoms with E-state index in [0.717, 1.165) is 0 Å². The van der Waals surface area contributed by atoms with Crippen molar-refractivity contribution in [3.8, 4) is 0 Å². The first-order chi connectivity index (χ1) is 7.79. The summed E-state index contributed by atoms with van der Waals surface area (Å²) < 4.78 is 0. The Morgan fingerprint density at radius 3 is 2.81 bits per heavy atom. The number of allylic oxidation sites excluding steroid dienone is 1. The van der Waals surface area contributed by atoms with Gasteiger partial charge in [-0.05, 0) is 44.7 Å². The molecule has 0 aliphatic carbocycles. The molecule has 1 nitrogen and oxygen atoms in total. The number of nitrogens with zero attached hydrogens (tertiary/aromatic N) is 1. The summed E-state index contributed by atoms with van der Waals surface area (Å²) >= 11 is 0. The molecule has 0 spiro atoms. The number of anilines is 1. The average molecular weight is 213 g/mol. The van der Waals surface area contributed by atoms with Gasteiger partial charge in [-0.1, -0.05) is 23.8 Å². The van der Waals surface area contributed by atoms with Gasteiger partial charge in [-0.25, -0.2) is 0 Å². The molecule has 1 heteroatoms. The molecule has 16 heavy (non-hydrogen) atoms. The molecule has 84 valence electrons. The molecule has 2 heterocycles. The minimum atomic E-state index is 0.663. The lowest BCUT2D eigenvalue weighted by molar-refractivity contribution is 0.532. The zero-order chi connectivity index (χ0) is 11.1. The Labute approximate surface area is 97.8 Å². The van der Waals surface area contributed by atoms with Crippen LogP contribution in [0.3, 0.4) is 0 Å². The Bertz CT molecular complexity index is 441. The Kier molecular flexibility index (Phi) is 2.27. The van der Waals surface area contributed by atoms with Crippen molar-refractivity contribution in [1.82, 2.24) is 0 Å². The van der Waals surface area contributed by atoms with Gasteiger partial charge in [0.15, 0.2) is 0 Å². The van der Waals surface area contributed by atoms with Crippen molar-refractivity contribution in [2.75, 3.05) is 11.4 Å². The highest BCUT2D eigenvalue weighted by Gasteiger charge is 2.35. The van der Waals surface area contributed by atoms with E-state index in [2.05, 4.69) is 43.0 Å². The van der Waals surface area contributed by atoms with Gasteiger partial charge in [-0.15, -0.1) is 0 Å². The van der Waals surface area contributed by atoms with Crippen LogP contribution in [0.4, 0.5) is 5.69 Å². The SMILES string of the molecule is CC(C)=C1c2ccccc2N2CCCCC12. The van der Waals surface area contributed by atoms with Crippen LogP contribution in [0.2, 0.25) is 0 Å². The molecule has 0 amide bonds. The summed E-state index contributed by atoms with van der Waals surface area (Å²) in [5.74, 6) is 0. The maximum absolute atomic E-state index is 2.61. The molecule has 1 saturated heterocycles. The van der Waals surface area contributed by atoms with Crippen LogP contribution in [-0.4, -0.2) is 12.6 Å². The second kappa shape index (κ2) is 3.65. The molecule has 1 atom stereocenters. The van der Waals surface area contributed by atoms with E-state index in [4.69, 9.17) is 0 Å². The first kappa shape index (κ1) is 9.95. The Morgan fingerprint density at radius 1 is 1.19 bits per heavy atom. The predicted octanol–water partition coefficient (Wildman–Crippen LogP) is 3.85. The van der Waals surface area contributed by atoms with Gasteiger partial charge in [0.2, 0.25) is 0 Å². The van der Waals surface area contributed by atoms with Crippen LogP contribution in [0.25, 0.3) is 5.57 Å². The Morgan fingerprint density at radius 2 is 2.00 bits per heavy atom. The van der Waals surface area contributed by atoms with Gasteiger partial charge in [-0.2, -0.15) is 0 Å². The maximum atomic E-state index is 2.61. The molecule has 0 bridgehead atoms. The lowest BCUT2D eigenvalue weighted by Gasteiger charge is -2.32. The van der Waals surface area contributed by atoms with Crippen LogP contribution in [-0.2, 0) is 0 Å². The zero-order valence-corrected chi connectivity index (χ0v) is 10.2. The summed E-state index contributed by atoms with van der Waals surface area (Å²) in [6.45, 7) is 5.74. The van der Waals surface area contributed by atoms with E-state index < -0.39 is 0 Å². The van der Waals surface area contributed by atoms with E-state index in [1.165, 1.54) is 42.6 Å². The topological polar surface area (TPSA) is 3.24 Å². The molecule has 2 aliphatic heterocycles. The summed E-state index contributed by atoms with van der Waals surface area (Å²) in [7, 11) is 0. The third-order valence-corrected chi connectivity index (χ3v) is 3.88. The second-order valence-corrected chi connectivity index (χ2v) is 5.14. The summed E-state index contributed by atoms with van der Waals surface area (Å²) in [6, 6.07) is 9.56. The molecule has 0 saturated carbocycles. The highest BCUT2D eigenvalue weighted by atomic mass is 15.2. The molecule has 1 unspecified atom stereocenters. The molecule has 0 N–H and O–H groups in total. The molecule has 0 aromatic heterocycles. The predicted molar refractivity (Wildman–Crippen MR) is 69.7 cm³/mol. The third kappa shape index (κ3) is 1.31. The van der Waals surface area contributed by atoms with Crippen LogP contribution in [0.1, 0.15) is 38.7 Å². The molecular formula is C15H19N. The smallest absolute Gasteiger partial charge is 0.0548 e. The van der Waals surface area contributed by atoms with E-state index in [0.29, 0.717) is 6.04 Å². The van der Waals surface area contributed by atoms with Crippen molar-refractivity contribution in [3.05, 3.63) is 35.4 Å². The third-order valence-electron chi connectivity index (χ3n) is 3.88. The number of fused-ring (bicyclic) bond motifs is 3. The van der Waals surface area contributed by atoms with Gasteiger partial charge >= 0.3 is 0 Å². The molecule has 2 aliphatic rings. The number of rotatable bonds is 0. The number of hydrogen-bond acceptors (Lipinski definition) is 1. The number of hydrogen-bond donors (Lipinski definition) is 0. The normalized spacial score (nSPS) is 23.0. The number of piperidine rings is 1. The summed E-state index contributed by atoms with van der Waals surface area (Å²) in [6.07, 6.45) is 4.06. The fourth-order valence-electron chi connectivity index (χ4n) is 3.25. The molecule has 1 fully saturated rings. The fourth-order valence-corrected chi connectivity index (χ4v) is 3.25. The van der Waals surface area contributed by atoms with Gasteiger partial charge in [0.1, 0.15) is 0 Å². The Balaban J connectivity index is 2.17. The zero-order valence-electron chi connectivity index (χ0n) is 10.2. The molecular weight excluding hydrogens is 194 g/mol. The van der Waals surface area contributed by atoms with Gasteiger partial charge in [0.25, 0.3) is 0 Å². The Hall–Kier alpha value is -1.24. The van der Waals surface area contributed by atoms with E-state index >= 15 is 0 Å². The monoisotopic (exact) mass is 213 g/mol. The van der Waals surface area contributed by atoms with E-state index in [1.54, 1.807) is 5.57 Å². The average Bonchev–Trinajstić information content (AvgIpc) is 2.63.